The summed E-state index contributed by atoms with van der Waals surface area (Å²) >= 11 is 5.43. The Kier molecular flexibility index (Phi) is 5.10. The predicted octanol–water partition coefficient (Wildman–Crippen LogP) is 3.50. The molecule has 0 unspecified atom stereocenters. The number of esters is 1. The van der Waals surface area contributed by atoms with Gasteiger partial charge in [0.1, 0.15) is 5.75 Å². The molecule has 0 saturated heterocycles. The fourth-order valence-electron chi connectivity index (χ4n) is 1.50. The van der Waals surface area contributed by atoms with Crippen LogP contribution >= 0.6 is 11.6 Å². The molecule has 0 aromatic heterocycles. The maximum Gasteiger partial charge on any atom is 0.308 e. The zero-order chi connectivity index (χ0) is 13.7. The second-order valence-corrected chi connectivity index (χ2v) is 4.49. The SMILES string of the molecule is C=C(C)CCc1cc(C(=O)Cl)ccc1OC(C)=O. The molecule has 0 aliphatic carbocycles. The van der Waals surface area contributed by atoms with E-state index in [-0.39, 0.29) is 0 Å². The van der Waals surface area contributed by atoms with Crippen LogP contribution in [0.15, 0.2) is 30.4 Å². The van der Waals surface area contributed by atoms with Crippen LogP contribution in [0.3, 0.4) is 0 Å². The summed E-state index contributed by atoms with van der Waals surface area (Å²) in [6, 6.07) is 4.78. The normalized spacial score (nSPS) is 9.94. The summed E-state index contributed by atoms with van der Waals surface area (Å²) < 4.78 is 5.09. The van der Waals surface area contributed by atoms with Gasteiger partial charge in [0, 0.05) is 12.5 Å². The fraction of sp³-hybridized carbons (Fsp3) is 0.286. The summed E-state index contributed by atoms with van der Waals surface area (Å²) in [4.78, 5) is 22.1. The molecule has 0 fully saturated rings. The Hall–Kier alpha value is -1.61. The lowest BCUT2D eigenvalue weighted by Crippen LogP contribution is -2.05. The lowest BCUT2D eigenvalue weighted by atomic mass is 10.0. The highest BCUT2D eigenvalue weighted by Crippen LogP contribution is 2.23. The first-order chi connectivity index (χ1) is 8.40. The van der Waals surface area contributed by atoms with Crippen LogP contribution in [0, 0.1) is 0 Å². The Morgan fingerprint density at radius 1 is 1.33 bits per heavy atom. The topological polar surface area (TPSA) is 43.4 Å². The molecule has 1 rings (SSSR count). The van der Waals surface area contributed by atoms with Gasteiger partial charge in [-0.3, -0.25) is 9.59 Å². The number of carbonyl (C=O) groups is 2. The van der Waals surface area contributed by atoms with Crippen molar-refractivity contribution in [3.63, 3.8) is 0 Å². The third-order valence-electron chi connectivity index (χ3n) is 2.36. The van der Waals surface area contributed by atoms with E-state index in [9.17, 15) is 9.59 Å². The van der Waals surface area contributed by atoms with Gasteiger partial charge >= 0.3 is 5.97 Å². The number of carbonyl (C=O) groups excluding carboxylic acids is 2. The molecule has 0 saturated carbocycles. The molecule has 0 aliphatic heterocycles. The molecule has 0 bridgehead atoms. The molecule has 1 aromatic carbocycles. The monoisotopic (exact) mass is 266 g/mol. The van der Waals surface area contributed by atoms with Gasteiger partial charge in [0.05, 0.1) is 0 Å². The van der Waals surface area contributed by atoms with Crippen LogP contribution in [0.2, 0.25) is 0 Å². The van der Waals surface area contributed by atoms with Crippen molar-refractivity contribution < 1.29 is 14.3 Å². The van der Waals surface area contributed by atoms with E-state index in [1.54, 1.807) is 12.1 Å². The first-order valence-electron chi connectivity index (χ1n) is 5.55. The highest BCUT2D eigenvalue weighted by molar-refractivity contribution is 6.67. The molecule has 0 radical (unpaired) electrons. The van der Waals surface area contributed by atoms with E-state index in [1.807, 2.05) is 6.92 Å². The van der Waals surface area contributed by atoms with Crippen LogP contribution in [-0.4, -0.2) is 11.2 Å². The van der Waals surface area contributed by atoms with E-state index in [0.717, 1.165) is 17.6 Å². The average molecular weight is 267 g/mol. The second kappa shape index (κ2) is 6.36. The van der Waals surface area contributed by atoms with Crippen molar-refractivity contribution in [3.8, 4) is 5.75 Å². The van der Waals surface area contributed by atoms with E-state index in [4.69, 9.17) is 16.3 Å². The summed E-state index contributed by atoms with van der Waals surface area (Å²) in [5.41, 5.74) is 2.19. The third-order valence-corrected chi connectivity index (χ3v) is 2.58. The second-order valence-electron chi connectivity index (χ2n) is 4.15. The van der Waals surface area contributed by atoms with Gasteiger partial charge < -0.3 is 4.74 Å². The van der Waals surface area contributed by atoms with Gasteiger partial charge in [-0.05, 0) is 55.1 Å². The van der Waals surface area contributed by atoms with Crippen molar-refractivity contribution >= 4 is 22.8 Å². The number of allylic oxidation sites excluding steroid dienone is 1. The standard InChI is InChI=1S/C14H15ClO3/c1-9(2)4-5-11-8-12(14(15)17)6-7-13(11)18-10(3)16/h6-8H,1,4-5H2,2-3H3. The van der Waals surface area contributed by atoms with Crippen LogP contribution in [0.5, 0.6) is 5.75 Å². The molecule has 3 nitrogen and oxygen atoms in total. The van der Waals surface area contributed by atoms with E-state index < -0.39 is 11.2 Å². The molecule has 18 heavy (non-hydrogen) atoms. The van der Waals surface area contributed by atoms with Crippen molar-refractivity contribution in [1.82, 2.24) is 0 Å². The van der Waals surface area contributed by atoms with E-state index in [1.165, 1.54) is 13.0 Å². The summed E-state index contributed by atoms with van der Waals surface area (Å²) in [5.74, 6) is 0.0712. The van der Waals surface area contributed by atoms with Crippen molar-refractivity contribution in [2.24, 2.45) is 0 Å². The van der Waals surface area contributed by atoms with Gasteiger partial charge in [0.2, 0.25) is 0 Å². The summed E-state index contributed by atoms with van der Waals surface area (Å²) in [5, 5.41) is -0.527. The minimum atomic E-state index is -0.527. The highest BCUT2D eigenvalue weighted by Gasteiger charge is 2.10. The Morgan fingerprint density at radius 2 is 2.00 bits per heavy atom. The fourth-order valence-corrected chi connectivity index (χ4v) is 1.62. The Bertz CT molecular complexity index is 492. The van der Waals surface area contributed by atoms with Gasteiger partial charge in [0.25, 0.3) is 5.24 Å². The first-order valence-corrected chi connectivity index (χ1v) is 5.93. The summed E-state index contributed by atoms with van der Waals surface area (Å²) in [6.07, 6.45) is 1.41. The molecule has 0 amide bonds. The van der Waals surface area contributed by atoms with Crippen molar-refractivity contribution in [1.29, 1.82) is 0 Å². The number of ether oxygens (including phenoxy) is 1. The van der Waals surface area contributed by atoms with Gasteiger partial charge in [-0.1, -0.05) is 5.57 Å². The van der Waals surface area contributed by atoms with E-state index >= 15 is 0 Å². The zero-order valence-corrected chi connectivity index (χ0v) is 11.2. The molecule has 0 spiro atoms. The number of hydrogen-bond acceptors (Lipinski definition) is 3. The molecule has 96 valence electrons. The minimum absolute atomic E-state index is 0.392. The van der Waals surface area contributed by atoms with Gasteiger partial charge in [-0.2, -0.15) is 0 Å². The summed E-state index contributed by atoms with van der Waals surface area (Å²) in [6.45, 7) is 7.07. The largest absolute Gasteiger partial charge is 0.426 e. The van der Waals surface area contributed by atoms with Crippen LogP contribution in [0.4, 0.5) is 0 Å². The highest BCUT2D eigenvalue weighted by atomic mass is 35.5. The van der Waals surface area contributed by atoms with E-state index in [0.29, 0.717) is 17.7 Å². The van der Waals surface area contributed by atoms with Crippen LogP contribution in [0.1, 0.15) is 36.2 Å². The van der Waals surface area contributed by atoms with Gasteiger partial charge in [-0.25, -0.2) is 0 Å². The first kappa shape index (κ1) is 14.5. The van der Waals surface area contributed by atoms with E-state index in [2.05, 4.69) is 6.58 Å². The van der Waals surface area contributed by atoms with Crippen molar-refractivity contribution in [3.05, 3.63) is 41.5 Å². The van der Waals surface area contributed by atoms with Crippen LogP contribution in [-0.2, 0) is 11.2 Å². The van der Waals surface area contributed by atoms with Crippen LogP contribution < -0.4 is 4.74 Å². The average Bonchev–Trinajstić information content (AvgIpc) is 2.26. The number of hydrogen-bond donors (Lipinski definition) is 0. The molecule has 0 atom stereocenters. The molecular formula is C14H15ClO3. The van der Waals surface area contributed by atoms with Crippen LogP contribution in [0.25, 0.3) is 0 Å². The number of halogens is 1. The predicted molar refractivity (Wildman–Crippen MR) is 71.1 cm³/mol. The molecule has 0 heterocycles. The number of benzene rings is 1. The van der Waals surface area contributed by atoms with Gasteiger partial charge in [0.15, 0.2) is 0 Å². The smallest absolute Gasteiger partial charge is 0.308 e. The maximum absolute atomic E-state index is 11.1. The molecule has 0 aliphatic rings. The Balaban J connectivity index is 3.04. The maximum atomic E-state index is 11.1. The lowest BCUT2D eigenvalue weighted by Gasteiger charge is -2.10. The van der Waals surface area contributed by atoms with Gasteiger partial charge in [-0.15, -0.1) is 6.58 Å². The summed E-state index contributed by atoms with van der Waals surface area (Å²) in [7, 11) is 0. The Morgan fingerprint density at radius 3 is 2.50 bits per heavy atom. The third kappa shape index (κ3) is 4.34. The van der Waals surface area contributed by atoms with Crippen molar-refractivity contribution in [2.75, 3.05) is 0 Å². The number of aryl methyl sites for hydroxylation is 1. The molecule has 0 N–H and O–H groups in total. The zero-order valence-electron chi connectivity index (χ0n) is 10.5. The lowest BCUT2D eigenvalue weighted by molar-refractivity contribution is -0.131. The number of rotatable bonds is 5. The molecule has 1 aromatic rings. The Labute approximate surface area is 111 Å². The molecular weight excluding hydrogens is 252 g/mol. The molecule has 4 heteroatoms. The van der Waals surface area contributed by atoms with Crippen molar-refractivity contribution in [2.45, 2.75) is 26.7 Å². The minimum Gasteiger partial charge on any atom is -0.426 e. The quantitative estimate of drug-likeness (QED) is 0.355.